The molecule has 3 heterocycles. The predicted octanol–water partition coefficient (Wildman–Crippen LogP) is 4.01. The van der Waals surface area contributed by atoms with Crippen molar-refractivity contribution >= 4 is 5.69 Å². The van der Waals surface area contributed by atoms with Gasteiger partial charge in [-0.2, -0.15) is 14.9 Å². The molecule has 5 rings (SSSR count). The monoisotopic (exact) mass is 512 g/mol. The second kappa shape index (κ2) is 11.6. The first-order chi connectivity index (χ1) is 18.5. The maximum Gasteiger partial charge on any atom is 0.316 e. The van der Waals surface area contributed by atoms with Gasteiger partial charge in [-0.05, 0) is 38.5 Å². The average Bonchev–Trinajstić information content (AvgIpc) is 3.30. The molecule has 0 aliphatic carbocycles. The fraction of sp³-hybridized carbons (Fsp3) is 0.367. The fourth-order valence-corrected chi connectivity index (χ4v) is 4.92. The number of hydrogen-bond acceptors (Lipinski definition) is 6. The second-order valence-corrected chi connectivity index (χ2v) is 9.83. The normalized spacial score (nSPS) is 14.1. The summed E-state index contributed by atoms with van der Waals surface area (Å²) < 4.78 is 9.70. The van der Waals surface area contributed by atoms with Crippen molar-refractivity contribution in [3.05, 3.63) is 99.7 Å². The number of nitrogens with zero attached hydrogens (tertiary/aromatic N) is 6. The van der Waals surface area contributed by atoms with Crippen LogP contribution < -0.4 is 15.2 Å². The number of piperazine rings is 1. The van der Waals surface area contributed by atoms with E-state index in [1.165, 1.54) is 27.1 Å². The highest BCUT2D eigenvalue weighted by Crippen LogP contribution is 2.26. The Hall–Kier alpha value is -3.91. The van der Waals surface area contributed by atoms with E-state index < -0.39 is 0 Å². The molecule has 2 aromatic carbocycles. The highest BCUT2D eigenvalue weighted by atomic mass is 16.5. The highest BCUT2D eigenvalue weighted by Gasteiger charge is 2.24. The minimum atomic E-state index is -0.234. The van der Waals surface area contributed by atoms with Crippen LogP contribution in [0.15, 0.2) is 71.8 Å². The summed E-state index contributed by atoms with van der Waals surface area (Å²) in [6.07, 6.45) is 4.49. The van der Waals surface area contributed by atoms with Crippen molar-refractivity contribution in [2.24, 2.45) is 0 Å². The molecular formula is C30H36N6O2. The lowest BCUT2D eigenvalue weighted by Gasteiger charge is -2.36. The number of para-hydroxylation sites is 1. The van der Waals surface area contributed by atoms with Crippen molar-refractivity contribution in [2.75, 3.05) is 37.7 Å². The summed E-state index contributed by atoms with van der Waals surface area (Å²) in [6.45, 7) is 11.9. The SMILES string of the molecule is CCn1ncc(CN2CCN(c3cnn(-c4ccccc4)c(=O)c3OCCc3ccc(C)cc3)CC2)c1C. The summed E-state index contributed by atoms with van der Waals surface area (Å²) in [4.78, 5) is 18.3. The Labute approximate surface area is 224 Å². The Bertz CT molecular complexity index is 1400. The van der Waals surface area contributed by atoms with Crippen LogP contribution in [0.3, 0.4) is 0 Å². The van der Waals surface area contributed by atoms with Crippen molar-refractivity contribution in [3.63, 3.8) is 0 Å². The van der Waals surface area contributed by atoms with Crippen molar-refractivity contribution in [1.29, 1.82) is 0 Å². The maximum atomic E-state index is 13.6. The van der Waals surface area contributed by atoms with E-state index in [-0.39, 0.29) is 5.56 Å². The summed E-state index contributed by atoms with van der Waals surface area (Å²) >= 11 is 0. The number of aryl methyl sites for hydroxylation is 2. The van der Waals surface area contributed by atoms with Gasteiger partial charge in [-0.3, -0.25) is 14.4 Å². The van der Waals surface area contributed by atoms with Gasteiger partial charge in [0.25, 0.3) is 0 Å². The van der Waals surface area contributed by atoms with E-state index in [2.05, 4.69) is 65.0 Å². The van der Waals surface area contributed by atoms with Gasteiger partial charge in [0.15, 0.2) is 0 Å². The zero-order valence-corrected chi connectivity index (χ0v) is 22.5. The van der Waals surface area contributed by atoms with Crippen LogP contribution in [0.1, 0.15) is 29.3 Å². The zero-order chi connectivity index (χ0) is 26.5. The minimum absolute atomic E-state index is 0.234. The largest absolute Gasteiger partial charge is 0.486 e. The van der Waals surface area contributed by atoms with E-state index in [0.29, 0.717) is 12.4 Å². The van der Waals surface area contributed by atoms with Gasteiger partial charge in [-0.15, -0.1) is 0 Å². The molecule has 2 aromatic heterocycles. The predicted molar refractivity (Wildman–Crippen MR) is 150 cm³/mol. The average molecular weight is 513 g/mol. The molecule has 8 heteroatoms. The van der Waals surface area contributed by atoms with Crippen molar-refractivity contribution in [2.45, 2.75) is 40.3 Å². The number of hydrogen-bond donors (Lipinski definition) is 0. The van der Waals surface area contributed by atoms with Gasteiger partial charge < -0.3 is 9.64 Å². The van der Waals surface area contributed by atoms with Crippen LogP contribution in [0.4, 0.5) is 5.69 Å². The van der Waals surface area contributed by atoms with Gasteiger partial charge in [0.05, 0.1) is 24.7 Å². The molecule has 1 saturated heterocycles. The minimum Gasteiger partial charge on any atom is -0.486 e. The van der Waals surface area contributed by atoms with Gasteiger partial charge in [0.2, 0.25) is 5.75 Å². The molecule has 0 unspecified atom stereocenters. The third-order valence-electron chi connectivity index (χ3n) is 7.28. The quantitative estimate of drug-likeness (QED) is 0.338. The third kappa shape index (κ3) is 5.65. The second-order valence-electron chi connectivity index (χ2n) is 9.83. The summed E-state index contributed by atoms with van der Waals surface area (Å²) in [6, 6.07) is 17.9. The van der Waals surface area contributed by atoms with E-state index in [1.54, 1.807) is 6.20 Å². The summed E-state index contributed by atoms with van der Waals surface area (Å²) in [5, 5.41) is 9.02. The Kier molecular flexibility index (Phi) is 7.89. The van der Waals surface area contributed by atoms with Gasteiger partial charge in [-0.25, -0.2) is 0 Å². The van der Waals surface area contributed by atoms with Crippen molar-refractivity contribution < 1.29 is 4.74 Å². The first-order valence-electron chi connectivity index (χ1n) is 13.4. The maximum absolute atomic E-state index is 13.6. The Balaban J connectivity index is 1.33. The van der Waals surface area contributed by atoms with Crippen LogP contribution in [0.2, 0.25) is 0 Å². The molecule has 4 aromatic rings. The van der Waals surface area contributed by atoms with Gasteiger partial charge in [0.1, 0.15) is 5.69 Å². The van der Waals surface area contributed by atoms with Crippen molar-refractivity contribution in [3.8, 4) is 11.4 Å². The van der Waals surface area contributed by atoms with Crippen LogP contribution in [-0.2, 0) is 19.5 Å². The molecule has 0 saturated carbocycles. The lowest BCUT2D eigenvalue weighted by Crippen LogP contribution is -2.46. The van der Waals surface area contributed by atoms with E-state index in [0.717, 1.165) is 57.1 Å². The van der Waals surface area contributed by atoms with Gasteiger partial charge in [0, 0.05) is 56.9 Å². The number of aromatic nitrogens is 4. The van der Waals surface area contributed by atoms with E-state index in [1.807, 2.05) is 41.2 Å². The molecule has 0 bridgehead atoms. The Morgan fingerprint density at radius 3 is 2.32 bits per heavy atom. The topological polar surface area (TPSA) is 68.4 Å². The fourth-order valence-electron chi connectivity index (χ4n) is 4.92. The molecule has 0 N–H and O–H groups in total. The first-order valence-corrected chi connectivity index (χ1v) is 13.4. The van der Waals surface area contributed by atoms with Crippen LogP contribution in [0.25, 0.3) is 5.69 Å². The summed E-state index contributed by atoms with van der Waals surface area (Å²) in [5.74, 6) is 0.365. The lowest BCUT2D eigenvalue weighted by molar-refractivity contribution is 0.247. The molecule has 8 nitrogen and oxygen atoms in total. The number of anilines is 1. The van der Waals surface area contributed by atoms with Gasteiger partial charge >= 0.3 is 5.56 Å². The molecule has 1 aliphatic heterocycles. The lowest BCUT2D eigenvalue weighted by atomic mass is 10.1. The van der Waals surface area contributed by atoms with Gasteiger partial charge in [-0.1, -0.05) is 48.0 Å². The molecule has 0 atom stereocenters. The van der Waals surface area contributed by atoms with Crippen molar-refractivity contribution in [1.82, 2.24) is 24.5 Å². The molecule has 1 aliphatic rings. The summed E-state index contributed by atoms with van der Waals surface area (Å²) in [7, 11) is 0. The van der Waals surface area contributed by atoms with Crippen LogP contribution in [0.5, 0.6) is 5.75 Å². The Morgan fingerprint density at radius 1 is 0.895 bits per heavy atom. The van der Waals surface area contributed by atoms with E-state index in [9.17, 15) is 4.79 Å². The molecule has 1 fully saturated rings. The molecule has 0 spiro atoms. The molecule has 0 radical (unpaired) electrons. The van der Waals surface area contributed by atoms with E-state index >= 15 is 0 Å². The zero-order valence-electron chi connectivity index (χ0n) is 22.5. The highest BCUT2D eigenvalue weighted by molar-refractivity contribution is 5.57. The molecule has 198 valence electrons. The number of rotatable bonds is 9. The third-order valence-corrected chi connectivity index (χ3v) is 7.28. The standard InChI is InChI=1S/C30H36N6O2/c1-4-35-24(3)26(20-31-35)22-33-15-17-34(18-16-33)28-21-32-36(27-8-6-5-7-9-27)30(37)29(28)38-19-14-25-12-10-23(2)11-13-25/h5-13,20-21H,4,14-19,22H2,1-3H3. The van der Waals surface area contributed by atoms with Crippen LogP contribution in [-0.4, -0.2) is 57.2 Å². The summed E-state index contributed by atoms with van der Waals surface area (Å²) in [5.41, 5.74) is 6.17. The number of ether oxygens (including phenoxy) is 1. The Morgan fingerprint density at radius 2 is 1.63 bits per heavy atom. The smallest absolute Gasteiger partial charge is 0.316 e. The molecular weight excluding hydrogens is 476 g/mol. The van der Waals surface area contributed by atoms with E-state index in [4.69, 9.17) is 4.74 Å². The first kappa shape index (κ1) is 25.7. The van der Waals surface area contributed by atoms with Crippen LogP contribution >= 0.6 is 0 Å². The molecule has 0 amide bonds. The number of benzene rings is 2. The van der Waals surface area contributed by atoms with Crippen LogP contribution in [0, 0.1) is 13.8 Å². The molecule has 38 heavy (non-hydrogen) atoms.